The molecule has 1 aromatic carbocycles. The van der Waals surface area contributed by atoms with Crippen molar-refractivity contribution in [1.82, 2.24) is 10.2 Å². The van der Waals surface area contributed by atoms with Gasteiger partial charge in [-0.1, -0.05) is 6.58 Å². The van der Waals surface area contributed by atoms with Gasteiger partial charge in [-0.2, -0.15) is 0 Å². The molecule has 0 saturated heterocycles. The molecule has 2 aliphatic rings. The Morgan fingerprint density at radius 1 is 1.43 bits per heavy atom. The normalized spacial score (nSPS) is 18.9. The van der Waals surface area contributed by atoms with Gasteiger partial charge in [-0.25, -0.2) is 4.39 Å². The average Bonchev–Trinajstić information content (AvgIpc) is 3.24. The highest BCUT2D eigenvalue weighted by Crippen LogP contribution is 2.37. The molecule has 1 aromatic rings. The minimum Gasteiger partial charge on any atom is -0.374 e. The molecule has 1 aliphatic carbocycles. The van der Waals surface area contributed by atoms with Gasteiger partial charge in [0.25, 0.3) is 5.91 Å². The predicted molar refractivity (Wildman–Crippen MR) is 87.7 cm³/mol. The Labute approximate surface area is 136 Å². The molecular formula is C15H15FIN3O. The summed E-state index contributed by atoms with van der Waals surface area (Å²) in [5.74, 6) is 0.583. The summed E-state index contributed by atoms with van der Waals surface area (Å²) in [4.78, 5) is 15.5. The van der Waals surface area contributed by atoms with Gasteiger partial charge < -0.3 is 5.32 Å². The molecule has 1 fully saturated rings. The molecule has 0 atom stereocenters. The lowest BCUT2D eigenvalue weighted by Crippen LogP contribution is -2.46. The predicted octanol–water partition coefficient (Wildman–Crippen LogP) is 2.77. The van der Waals surface area contributed by atoms with Crippen molar-refractivity contribution in [3.05, 3.63) is 51.9 Å². The molecule has 6 heteroatoms. The standard InChI is InChI=1S/C15H15FIN3O/c1-9-19(11-4-5-11)15(21)8-14(18-2)20(9)13-6-3-10(17)7-12(13)16/h3,6-8,11,18H,1,4-5H2,2H3. The number of carbonyl (C=O) groups excluding carboxylic acids is 1. The van der Waals surface area contributed by atoms with Crippen LogP contribution in [0.4, 0.5) is 10.1 Å². The second-order valence-corrected chi connectivity index (χ2v) is 6.31. The van der Waals surface area contributed by atoms with Gasteiger partial charge in [-0.3, -0.25) is 14.6 Å². The first-order valence-electron chi connectivity index (χ1n) is 6.69. The van der Waals surface area contributed by atoms with Gasteiger partial charge in [0.15, 0.2) is 0 Å². The molecular weight excluding hydrogens is 384 g/mol. The van der Waals surface area contributed by atoms with Crippen LogP contribution in [0.5, 0.6) is 0 Å². The van der Waals surface area contributed by atoms with E-state index in [0.29, 0.717) is 17.3 Å². The molecule has 0 aromatic heterocycles. The lowest BCUT2D eigenvalue weighted by molar-refractivity contribution is -0.125. The zero-order valence-electron chi connectivity index (χ0n) is 11.6. The third-order valence-electron chi connectivity index (χ3n) is 3.59. The molecule has 4 nitrogen and oxygen atoms in total. The molecule has 3 rings (SSSR count). The van der Waals surface area contributed by atoms with E-state index in [1.54, 1.807) is 22.9 Å². The van der Waals surface area contributed by atoms with Gasteiger partial charge in [0, 0.05) is 22.7 Å². The summed E-state index contributed by atoms with van der Waals surface area (Å²) >= 11 is 2.07. The molecule has 0 bridgehead atoms. The third-order valence-corrected chi connectivity index (χ3v) is 4.26. The van der Waals surface area contributed by atoms with Crippen molar-refractivity contribution in [2.75, 3.05) is 11.9 Å². The fourth-order valence-corrected chi connectivity index (χ4v) is 2.92. The van der Waals surface area contributed by atoms with Crippen LogP contribution >= 0.6 is 22.6 Å². The maximum Gasteiger partial charge on any atom is 0.256 e. The van der Waals surface area contributed by atoms with Crippen LogP contribution in [0.3, 0.4) is 0 Å². The van der Waals surface area contributed by atoms with E-state index >= 15 is 0 Å². The van der Waals surface area contributed by atoms with Gasteiger partial charge >= 0.3 is 0 Å². The highest BCUT2D eigenvalue weighted by Gasteiger charge is 2.39. The summed E-state index contributed by atoms with van der Waals surface area (Å²) in [6.45, 7) is 4.01. The second-order valence-electron chi connectivity index (χ2n) is 5.07. The summed E-state index contributed by atoms with van der Waals surface area (Å²) in [7, 11) is 1.71. The number of halogens is 2. The number of hydrogen-bond donors (Lipinski definition) is 1. The zero-order chi connectivity index (χ0) is 15.1. The maximum absolute atomic E-state index is 14.3. The van der Waals surface area contributed by atoms with Gasteiger partial charge in [0.1, 0.15) is 17.5 Å². The largest absolute Gasteiger partial charge is 0.374 e. The van der Waals surface area contributed by atoms with E-state index < -0.39 is 0 Å². The second kappa shape index (κ2) is 5.32. The van der Waals surface area contributed by atoms with E-state index in [4.69, 9.17) is 0 Å². The van der Waals surface area contributed by atoms with Gasteiger partial charge in [0.2, 0.25) is 0 Å². The Morgan fingerprint density at radius 3 is 2.71 bits per heavy atom. The first-order chi connectivity index (χ1) is 10.0. The molecule has 0 radical (unpaired) electrons. The first-order valence-corrected chi connectivity index (χ1v) is 7.77. The van der Waals surface area contributed by atoms with Crippen molar-refractivity contribution in [2.24, 2.45) is 0 Å². The Bertz CT molecular complexity index is 654. The quantitative estimate of drug-likeness (QED) is 0.795. The number of amides is 1. The molecule has 0 unspecified atom stereocenters. The summed E-state index contributed by atoms with van der Waals surface area (Å²) in [6.07, 6.45) is 3.43. The van der Waals surface area contributed by atoms with Crippen molar-refractivity contribution in [2.45, 2.75) is 18.9 Å². The number of carbonyl (C=O) groups is 1. The fourth-order valence-electron chi connectivity index (χ4n) is 2.46. The molecule has 110 valence electrons. The molecule has 1 N–H and O–H groups in total. The number of anilines is 1. The van der Waals surface area contributed by atoms with Crippen molar-refractivity contribution in [1.29, 1.82) is 0 Å². The molecule has 1 amide bonds. The number of rotatable bonds is 3. The number of nitrogens with zero attached hydrogens (tertiary/aromatic N) is 2. The summed E-state index contributed by atoms with van der Waals surface area (Å²) < 4.78 is 15.1. The van der Waals surface area contributed by atoms with Crippen LogP contribution in [-0.4, -0.2) is 23.9 Å². The van der Waals surface area contributed by atoms with Crippen molar-refractivity contribution >= 4 is 34.2 Å². The number of benzene rings is 1. The fraction of sp³-hybridized carbons (Fsp3) is 0.267. The van der Waals surface area contributed by atoms with Crippen LogP contribution < -0.4 is 10.2 Å². The summed E-state index contributed by atoms with van der Waals surface area (Å²) in [5.41, 5.74) is 0.388. The summed E-state index contributed by atoms with van der Waals surface area (Å²) in [6, 6.07) is 5.19. The maximum atomic E-state index is 14.3. The minimum atomic E-state index is -0.339. The molecule has 1 heterocycles. The smallest absolute Gasteiger partial charge is 0.256 e. The Hall–Kier alpha value is -1.57. The SMILES string of the molecule is C=C1N(c2ccc(I)cc2F)C(NC)=CC(=O)N1C1CC1. The topological polar surface area (TPSA) is 35.6 Å². The van der Waals surface area contributed by atoms with E-state index in [1.165, 1.54) is 12.1 Å². The number of hydrogen-bond acceptors (Lipinski definition) is 3. The van der Waals surface area contributed by atoms with E-state index in [-0.39, 0.29) is 17.8 Å². The van der Waals surface area contributed by atoms with Crippen LogP contribution in [0.1, 0.15) is 12.8 Å². The third kappa shape index (κ3) is 2.52. The van der Waals surface area contributed by atoms with Gasteiger partial charge in [-0.15, -0.1) is 0 Å². The summed E-state index contributed by atoms with van der Waals surface area (Å²) in [5, 5.41) is 2.95. The van der Waals surface area contributed by atoms with Crippen LogP contribution in [0.2, 0.25) is 0 Å². The lowest BCUT2D eigenvalue weighted by atomic mass is 10.2. The van der Waals surface area contributed by atoms with Crippen LogP contribution in [0.25, 0.3) is 0 Å². The van der Waals surface area contributed by atoms with E-state index in [9.17, 15) is 9.18 Å². The highest BCUT2D eigenvalue weighted by atomic mass is 127. The highest BCUT2D eigenvalue weighted by molar-refractivity contribution is 14.1. The first kappa shape index (κ1) is 14.4. The Balaban J connectivity index is 2.07. The monoisotopic (exact) mass is 399 g/mol. The van der Waals surface area contributed by atoms with E-state index in [1.807, 2.05) is 6.07 Å². The number of nitrogens with one attached hydrogen (secondary N) is 1. The average molecular weight is 399 g/mol. The van der Waals surface area contributed by atoms with E-state index in [0.717, 1.165) is 16.4 Å². The van der Waals surface area contributed by atoms with Crippen LogP contribution in [-0.2, 0) is 4.79 Å². The molecule has 0 spiro atoms. The molecule has 1 aliphatic heterocycles. The van der Waals surface area contributed by atoms with Gasteiger partial charge in [0.05, 0.1) is 5.69 Å². The van der Waals surface area contributed by atoms with Crippen molar-refractivity contribution in [3.8, 4) is 0 Å². The Kier molecular flexibility index (Phi) is 3.64. The van der Waals surface area contributed by atoms with Gasteiger partial charge in [-0.05, 0) is 53.6 Å². The molecule has 21 heavy (non-hydrogen) atoms. The molecule has 1 saturated carbocycles. The zero-order valence-corrected chi connectivity index (χ0v) is 13.7. The van der Waals surface area contributed by atoms with E-state index in [2.05, 4.69) is 34.5 Å². The lowest BCUT2D eigenvalue weighted by Gasteiger charge is -2.38. The van der Waals surface area contributed by atoms with Crippen molar-refractivity contribution < 1.29 is 9.18 Å². The van der Waals surface area contributed by atoms with Crippen molar-refractivity contribution in [3.63, 3.8) is 0 Å². The minimum absolute atomic E-state index is 0.103. The van der Waals surface area contributed by atoms with Crippen LogP contribution in [0, 0.1) is 9.39 Å². The van der Waals surface area contributed by atoms with Crippen LogP contribution in [0.15, 0.2) is 42.5 Å². The Morgan fingerprint density at radius 2 is 2.14 bits per heavy atom.